The minimum atomic E-state index is 0.418. The standard InChI is InChI=1S/C21H32N4O/c1-16(2)21-14-20(26-23-21)15-22-7-8-24-9-11-25(12-10-24)19-6-5-17(3)18(4)13-19/h5-6,13-14,16,22H,7-12,15H2,1-4H3. The van der Waals surface area contributed by atoms with Crippen LogP contribution in [-0.4, -0.2) is 49.3 Å². The molecule has 2 heterocycles. The molecule has 0 unspecified atom stereocenters. The summed E-state index contributed by atoms with van der Waals surface area (Å²) in [7, 11) is 0. The summed E-state index contributed by atoms with van der Waals surface area (Å²) in [4.78, 5) is 5.03. The van der Waals surface area contributed by atoms with Crippen LogP contribution in [0.1, 0.15) is 42.3 Å². The Morgan fingerprint density at radius 1 is 1.08 bits per heavy atom. The predicted octanol–water partition coefficient (Wildman–Crippen LogP) is 3.33. The first-order chi connectivity index (χ1) is 12.5. The fourth-order valence-corrected chi connectivity index (χ4v) is 3.29. The van der Waals surface area contributed by atoms with E-state index in [1.807, 2.05) is 0 Å². The molecule has 0 aliphatic carbocycles. The van der Waals surface area contributed by atoms with Gasteiger partial charge in [-0.05, 0) is 43.0 Å². The molecule has 1 N–H and O–H groups in total. The smallest absolute Gasteiger partial charge is 0.150 e. The molecular weight excluding hydrogens is 324 g/mol. The zero-order valence-electron chi connectivity index (χ0n) is 16.6. The first-order valence-electron chi connectivity index (χ1n) is 9.73. The van der Waals surface area contributed by atoms with Crippen molar-refractivity contribution < 1.29 is 4.52 Å². The molecule has 0 atom stereocenters. The van der Waals surface area contributed by atoms with Crippen LogP contribution in [0.3, 0.4) is 0 Å². The van der Waals surface area contributed by atoms with Crippen molar-refractivity contribution in [1.82, 2.24) is 15.4 Å². The predicted molar refractivity (Wildman–Crippen MR) is 107 cm³/mol. The van der Waals surface area contributed by atoms with Gasteiger partial charge in [0.1, 0.15) is 0 Å². The highest BCUT2D eigenvalue weighted by Crippen LogP contribution is 2.20. The second-order valence-electron chi connectivity index (χ2n) is 7.65. The van der Waals surface area contributed by atoms with Gasteiger partial charge in [0.2, 0.25) is 0 Å². The van der Waals surface area contributed by atoms with E-state index in [9.17, 15) is 0 Å². The number of hydrogen-bond donors (Lipinski definition) is 1. The van der Waals surface area contributed by atoms with E-state index < -0.39 is 0 Å². The van der Waals surface area contributed by atoms with Gasteiger partial charge in [0.15, 0.2) is 5.76 Å². The SMILES string of the molecule is Cc1ccc(N2CCN(CCNCc3cc(C(C)C)no3)CC2)cc1C. The molecular formula is C21H32N4O. The second kappa shape index (κ2) is 8.69. The Morgan fingerprint density at radius 2 is 1.85 bits per heavy atom. The van der Waals surface area contributed by atoms with Gasteiger partial charge >= 0.3 is 0 Å². The molecule has 1 aliphatic heterocycles. The molecule has 3 rings (SSSR count). The molecule has 0 bridgehead atoms. The van der Waals surface area contributed by atoms with Gasteiger partial charge in [0.25, 0.3) is 0 Å². The fraction of sp³-hybridized carbons (Fsp3) is 0.571. The number of rotatable bonds is 7. The van der Waals surface area contributed by atoms with E-state index in [4.69, 9.17) is 4.52 Å². The number of aryl methyl sites for hydroxylation is 2. The summed E-state index contributed by atoms with van der Waals surface area (Å²) < 4.78 is 5.37. The molecule has 1 aromatic carbocycles. The van der Waals surface area contributed by atoms with Gasteiger partial charge in [0.05, 0.1) is 12.2 Å². The third-order valence-corrected chi connectivity index (χ3v) is 5.30. The molecule has 5 nitrogen and oxygen atoms in total. The molecule has 1 aliphatic rings. The van der Waals surface area contributed by atoms with Crippen LogP contribution in [-0.2, 0) is 6.54 Å². The first-order valence-corrected chi connectivity index (χ1v) is 9.73. The molecule has 5 heteroatoms. The molecule has 142 valence electrons. The number of hydrogen-bond acceptors (Lipinski definition) is 5. The number of anilines is 1. The number of benzene rings is 1. The lowest BCUT2D eigenvalue weighted by Crippen LogP contribution is -2.48. The summed E-state index contributed by atoms with van der Waals surface area (Å²) in [6.45, 7) is 15.9. The van der Waals surface area contributed by atoms with Crippen molar-refractivity contribution in [2.45, 2.75) is 40.2 Å². The molecule has 0 amide bonds. The maximum atomic E-state index is 5.37. The van der Waals surface area contributed by atoms with Crippen molar-refractivity contribution in [3.63, 3.8) is 0 Å². The zero-order valence-corrected chi connectivity index (χ0v) is 16.6. The van der Waals surface area contributed by atoms with Crippen molar-refractivity contribution in [2.24, 2.45) is 0 Å². The molecule has 0 spiro atoms. The maximum Gasteiger partial charge on any atom is 0.150 e. The van der Waals surface area contributed by atoms with Gasteiger partial charge in [-0.2, -0.15) is 0 Å². The lowest BCUT2D eigenvalue weighted by Gasteiger charge is -2.36. The van der Waals surface area contributed by atoms with Crippen LogP contribution in [0.25, 0.3) is 0 Å². The zero-order chi connectivity index (χ0) is 18.5. The molecule has 26 heavy (non-hydrogen) atoms. The minimum absolute atomic E-state index is 0.418. The minimum Gasteiger partial charge on any atom is -0.369 e. The first kappa shape index (κ1) is 18.9. The van der Waals surface area contributed by atoms with Crippen LogP contribution in [0.15, 0.2) is 28.8 Å². The van der Waals surface area contributed by atoms with E-state index in [1.54, 1.807) is 0 Å². The van der Waals surface area contributed by atoms with Crippen LogP contribution in [0.5, 0.6) is 0 Å². The second-order valence-corrected chi connectivity index (χ2v) is 7.65. The fourth-order valence-electron chi connectivity index (χ4n) is 3.29. The van der Waals surface area contributed by atoms with Gasteiger partial charge in [-0.25, -0.2) is 0 Å². The normalized spacial score (nSPS) is 15.8. The van der Waals surface area contributed by atoms with Gasteiger partial charge in [-0.15, -0.1) is 0 Å². The molecule has 2 aromatic rings. The lowest BCUT2D eigenvalue weighted by atomic mass is 10.1. The van der Waals surface area contributed by atoms with E-state index in [0.29, 0.717) is 5.92 Å². The molecule has 0 radical (unpaired) electrons. The summed E-state index contributed by atoms with van der Waals surface area (Å²) in [5.74, 6) is 1.34. The van der Waals surface area contributed by atoms with Crippen molar-refractivity contribution >= 4 is 5.69 Å². The monoisotopic (exact) mass is 356 g/mol. The average Bonchev–Trinajstić information content (AvgIpc) is 3.11. The van der Waals surface area contributed by atoms with Crippen LogP contribution in [0, 0.1) is 13.8 Å². The number of nitrogens with one attached hydrogen (secondary N) is 1. The lowest BCUT2D eigenvalue weighted by molar-refractivity contribution is 0.255. The van der Waals surface area contributed by atoms with E-state index in [1.165, 1.54) is 16.8 Å². The third kappa shape index (κ3) is 4.86. The summed E-state index contributed by atoms with van der Waals surface area (Å²) in [5.41, 5.74) is 5.13. The number of piperazine rings is 1. The summed E-state index contributed by atoms with van der Waals surface area (Å²) in [6, 6.07) is 8.85. The largest absolute Gasteiger partial charge is 0.369 e. The number of nitrogens with zero attached hydrogens (tertiary/aromatic N) is 3. The Bertz CT molecular complexity index is 702. The topological polar surface area (TPSA) is 44.5 Å². The van der Waals surface area contributed by atoms with E-state index in [2.05, 4.69) is 72.2 Å². The van der Waals surface area contributed by atoms with Gasteiger partial charge < -0.3 is 14.7 Å². The highest BCUT2D eigenvalue weighted by Gasteiger charge is 2.17. The van der Waals surface area contributed by atoms with Gasteiger partial charge in [-0.1, -0.05) is 25.1 Å². The Morgan fingerprint density at radius 3 is 2.50 bits per heavy atom. The summed E-state index contributed by atoms with van der Waals surface area (Å²) >= 11 is 0. The van der Waals surface area contributed by atoms with Crippen LogP contribution < -0.4 is 10.2 Å². The quantitative estimate of drug-likeness (QED) is 0.771. The average molecular weight is 357 g/mol. The van der Waals surface area contributed by atoms with Crippen molar-refractivity contribution in [3.8, 4) is 0 Å². The molecule has 1 fully saturated rings. The Balaban J connectivity index is 1.36. The Hall–Kier alpha value is -1.85. The van der Waals surface area contributed by atoms with Crippen LogP contribution in [0.2, 0.25) is 0 Å². The summed E-state index contributed by atoms with van der Waals surface area (Å²) in [5, 5.41) is 7.57. The van der Waals surface area contributed by atoms with Gasteiger partial charge in [0, 0.05) is 51.0 Å². The molecule has 1 saturated heterocycles. The Kier molecular flexibility index (Phi) is 6.33. The van der Waals surface area contributed by atoms with E-state index in [-0.39, 0.29) is 0 Å². The van der Waals surface area contributed by atoms with Crippen molar-refractivity contribution in [1.29, 1.82) is 0 Å². The van der Waals surface area contributed by atoms with E-state index >= 15 is 0 Å². The highest BCUT2D eigenvalue weighted by atomic mass is 16.5. The van der Waals surface area contributed by atoms with Crippen LogP contribution in [0.4, 0.5) is 5.69 Å². The van der Waals surface area contributed by atoms with Gasteiger partial charge in [-0.3, -0.25) is 4.90 Å². The molecule has 1 aromatic heterocycles. The van der Waals surface area contributed by atoms with Crippen molar-refractivity contribution in [3.05, 3.63) is 46.8 Å². The van der Waals surface area contributed by atoms with Crippen LogP contribution >= 0.6 is 0 Å². The van der Waals surface area contributed by atoms with E-state index in [0.717, 1.165) is 57.3 Å². The Labute approximate surface area is 157 Å². The molecule has 0 saturated carbocycles. The van der Waals surface area contributed by atoms with Crippen molar-refractivity contribution in [2.75, 3.05) is 44.2 Å². The third-order valence-electron chi connectivity index (χ3n) is 5.30. The number of aromatic nitrogens is 1. The maximum absolute atomic E-state index is 5.37. The highest BCUT2D eigenvalue weighted by molar-refractivity contribution is 5.51. The summed E-state index contributed by atoms with van der Waals surface area (Å²) in [6.07, 6.45) is 0.